The largest absolute Gasteiger partial charge is 0.464 e. The van der Waals surface area contributed by atoms with Crippen molar-refractivity contribution in [2.75, 3.05) is 6.54 Å². The lowest BCUT2D eigenvalue weighted by Crippen LogP contribution is -2.35. The van der Waals surface area contributed by atoms with Gasteiger partial charge < -0.3 is 5.11 Å². The van der Waals surface area contributed by atoms with Gasteiger partial charge in [0.05, 0.1) is 17.1 Å². The molecule has 0 aliphatic heterocycles. The Morgan fingerprint density at radius 1 is 0.947 bits per heavy atom. The van der Waals surface area contributed by atoms with E-state index in [1.165, 1.54) is 35.8 Å². The molecule has 196 valence electrons. The number of aromatic nitrogens is 1. The van der Waals surface area contributed by atoms with Gasteiger partial charge in [-0.3, -0.25) is 14.2 Å². The molecule has 0 fully saturated rings. The van der Waals surface area contributed by atoms with Gasteiger partial charge in [-0.15, -0.1) is 0 Å². The Morgan fingerprint density at radius 2 is 1.61 bits per heavy atom. The molecule has 0 spiro atoms. The summed E-state index contributed by atoms with van der Waals surface area (Å²) in [6.07, 6.45) is -1.39. The molecule has 1 aromatic heterocycles. The van der Waals surface area contributed by atoms with E-state index in [1.807, 2.05) is 36.4 Å². The lowest BCUT2D eigenvalue weighted by atomic mass is 9.94. The van der Waals surface area contributed by atoms with Gasteiger partial charge in [-0.2, -0.15) is 0 Å². The van der Waals surface area contributed by atoms with Crippen LogP contribution in [0.25, 0.3) is 21.9 Å². The van der Waals surface area contributed by atoms with Crippen molar-refractivity contribution in [2.24, 2.45) is 0 Å². The third kappa shape index (κ3) is 5.01. The van der Waals surface area contributed by atoms with Gasteiger partial charge in [0.15, 0.2) is 5.78 Å². The van der Waals surface area contributed by atoms with Crippen molar-refractivity contribution < 1.29 is 23.1 Å². The molecule has 0 atom stereocenters. The lowest BCUT2D eigenvalue weighted by Gasteiger charge is -2.20. The Bertz CT molecular complexity index is 1700. The monoisotopic (exact) mass is 596 g/mol. The third-order valence-corrected chi connectivity index (χ3v) is 8.59. The van der Waals surface area contributed by atoms with Crippen molar-refractivity contribution in [3.8, 4) is 11.1 Å². The second-order valence-electron chi connectivity index (χ2n) is 8.54. The summed E-state index contributed by atoms with van der Waals surface area (Å²) in [5.41, 5.74) is 1.94. The molecule has 0 saturated carbocycles. The number of hydrogen-bond acceptors (Lipinski definition) is 5. The summed E-state index contributed by atoms with van der Waals surface area (Å²) in [6, 6.07) is 20.3. The van der Waals surface area contributed by atoms with Gasteiger partial charge >= 0.3 is 6.09 Å². The zero-order valence-electron chi connectivity index (χ0n) is 20.7. The quantitative estimate of drug-likeness (QED) is 0.259. The predicted octanol–water partition coefficient (Wildman–Crippen LogP) is 5.76. The number of pyridine rings is 1. The van der Waals surface area contributed by atoms with E-state index in [2.05, 4.69) is 15.9 Å². The minimum Gasteiger partial charge on any atom is -0.464 e. The molecular weight excluding hydrogens is 572 g/mol. The number of sulfonamides is 1. The second-order valence-corrected chi connectivity index (χ2v) is 11.3. The number of hydrogen-bond donors (Lipinski definition) is 1. The van der Waals surface area contributed by atoms with E-state index in [0.717, 1.165) is 10.0 Å². The van der Waals surface area contributed by atoms with Gasteiger partial charge in [0.2, 0.25) is 0 Å². The summed E-state index contributed by atoms with van der Waals surface area (Å²) in [5, 5.41) is 10.3. The molecule has 1 heterocycles. The summed E-state index contributed by atoms with van der Waals surface area (Å²) in [4.78, 5) is 38.3. The number of halogens is 1. The van der Waals surface area contributed by atoms with E-state index >= 15 is 0 Å². The lowest BCUT2D eigenvalue weighted by molar-refractivity contribution is 0.0979. The number of carboxylic acid groups (broad SMARTS) is 1. The number of carbonyl (C=O) groups excluding carboxylic acids is 1. The van der Waals surface area contributed by atoms with Crippen molar-refractivity contribution in [1.29, 1.82) is 0 Å². The van der Waals surface area contributed by atoms with Gasteiger partial charge in [0.1, 0.15) is 0 Å². The predicted molar refractivity (Wildman–Crippen MR) is 149 cm³/mol. The highest BCUT2D eigenvalue weighted by molar-refractivity contribution is 9.10. The first-order valence-corrected chi connectivity index (χ1v) is 14.1. The smallest absolute Gasteiger partial charge is 0.421 e. The molecular formula is C28H25BrN2O6S. The first-order valence-electron chi connectivity index (χ1n) is 11.9. The topological polar surface area (TPSA) is 114 Å². The van der Waals surface area contributed by atoms with Gasteiger partial charge in [0.25, 0.3) is 15.6 Å². The summed E-state index contributed by atoms with van der Waals surface area (Å²) >= 11 is 3.48. The van der Waals surface area contributed by atoms with Crippen LogP contribution in [0.5, 0.6) is 0 Å². The normalized spacial score (nSPS) is 11.4. The molecule has 0 radical (unpaired) electrons. The van der Waals surface area contributed by atoms with Crippen molar-refractivity contribution in [2.45, 2.75) is 31.7 Å². The average Bonchev–Trinajstić information content (AvgIpc) is 2.90. The Morgan fingerprint density at radius 3 is 2.18 bits per heavy atom. The number of rotatable bonds is 8. The van der Waals surface area contributed by atoms with Crippen LogP contribution in [0.4, 0.5) is 4.79 Å². The van der Waals surface area contributed by atoms with Gasteiger partial charge in [0, 0.05) is 28.4 Å². The highest BCUT2D eigenvalue weighted by Crippen LogP contribution is 2.33. The molecule has 8 nitrogen and oxygen atoms in total. The van der Waals surface area contributed by atoms with Crippen LogP contribution in [0.1, 0.15) is 36.3 Å². The van der Waals surface area contributed by atoms with Gasteiger partial charge in [-0.1, -0.05) is 65.3 Å². The summed E-state index contributed by atoms with van der Waals surface area (Å²) in [7, 11) is -4.24. The maximum atomic E-state index is 13.7. The van der Waals surface area contributed by atoms with E-state index in [-0.39, 0.29) is 41.4 Å². The summed E-state index contributed by atoms with van der Waals surface area (Å²) < 4.78 is 28.0. The molecule has 4 aromatic rings. The molecule has 38 heavy (non-hydrogen) atoms. The van der Waals surface area contributed by atoms with Crippen LogP contribution >= 0.6 is 15.9 Å². The molecule has 0 aliphatic carbocycles. The number of nitrogens with zero attached hydrogens (tertiary/aromatic N) is 2. The molecule has 3 aromatic carbocycles. The number of fused-ring (bicyclic) bond motifs is 1. The Balaban J connectivity index is 1.92. The third-order valence-electron chi connectivity index (χ3n) is 6.23. The van der Waals surface area contributed by atoms with Gasteiger partial charge in [-0.25, -0.2) is 17.5 Å². The van der Waals surface area contributed by atoms with Crippen LogP contribution in [-0.2, 0) is 16.6 Å². The SMILES string of the molecule is CCC(=O)c1c(-c2ccccc2)c2cc(Br)ccc2c(=O)n1Cc1ccc(S(=O)(=O)N(CC)C(=O)O)cc1. The number of Topliss-reactive ketones (excluding diaryl/α,β-unsaturated/α-hetero) is 1. The van der Waals surface area contributed by atoms with Crippen molar-refractivity contribution in [3.63, 3.8) is 0 Å². The molecule has 10 heteroatoms. The van der Waals surface area contributed by atoms with E-state index in [1.54, 1.807) is 19.1 Å². The van der Waals surface area contributed by atoms with E-state index in [9.17, 15) is 27.9 Å². The number of benzene rings is 3. The first-order chi connectivity index (χ1) is 18.1. The van der Waals surface area contributed by atoms with E-state index in [4.69, 9.17) is 0 Å². The van der Waals surface area contributed by atoms with Crippen LogP contribution in [0, 0.1) is 0 Å². The van der Waals surface area contributed by atoms with Crippen LogP contribution in [0.3, 0.4) is 0 Å². The fourth-order valence-electron chi connectivity index (χ4n) is 4.41. The van der Waals surface area contributed by atoms with Crippen LogP contribution in [-0.4, -0.2) is 40.8 Å². The molecule has 0 saturated heterocycles. The molecule has 1 N–H and O–H groups in total. The Hall–Kier alpha value is -3.76. The minimum absolute atomic E-state index is 0.0164. The van der Waals surface area contributed by atoms with Gasteiger partial charge in [-0.05, 0) is 53.8 Å². The highest BCUT2D eigenvalue weighted by Gasteiger charge is 2.28. The fraction of sp³-hybridized carbons (Fsp3) is 0.179. The highest BCUT2D eigenvalue weighted by atomic mass is 79.9. The average molecular weight is 597 g/mol. The van der Waals surface area contributed by atoms with Crippen molar-refractivity contribution >= 4 is 48.6 Å². The van der Waals surface area contributed by atoms with E-state index in [0.29, 0.717) is 26.2 Å². The molecule has 0 aliphatic rings. The van der Waals surface area contributed by atoms with Crippen molar-refractivity contribution in [3.05, 3.63) is 98.9 Å². The molecule has 4 rings (SSSR count). The second kappa shape index (κ2) is 10.9. The van der Waals surface area contributed by atoms with E-state index < -0.39 is 16.1 Å². The maximum Gasteiger partial charge on any atom is 0.421 e. The maximum absolute atomic E-state index is 13.7. The van der Waals surface area contributed by atoms with Crippen LogP contribution in [0.2, 0.25) is 0 Å². The summed E-state index contributed by atoms with van der Waals surface area (Å²) in [5.74, 6) is -0.206. The molecule has 0 unspecified atom stereocenters. The zero-order chi connectivity index (χ0) is 27.6. The van der Waals surface area contributed by atoms with Crippen molar-refractivity contribution in [1.82, 2.24) is 8.87 Å². The minimum atomic E-state index is -4.24. The number of ketones is 1. The Labute approximate surface area is 228 Å². The van der Waals surface area contributed by atoms with Crippen LogP contribution in [0.15, 0.2) is 87.0 Å². The molecule has 1 amide bonds. The van der Waals surface area contributed by atoms with Crippen LogP contribution < -0.4 is 5.56 Å². The fourth-order valence-corrected chi connectivity index (χ4v) is 6.05. The zero-order valence-corrected chi connectivity index (χ0v) is 23.1. The molecule has 0 bridgehead atoms. The number of carbonyl (C=O) groups is 2. The first kappa shape index (κ1) is 27.3. The summed E-state index contributed by atoms with van der Waals surface area (Å²) in [6.45, 7) is 2.95. The Kier molecular flexibility index (Phi) is 7.84. The standard InChI is InChI=1S/C28H25BrN2O6S/c1-3-24(32)26-25(19-8-6-5-7-9-19)23-16-20(29)12-15-22(23)27(33)30(26)17-18-10-13-21(14-11-18)38(36,37)31(4-2)28(34)35/h5-16H,3-4,17H2,1-2H3,(H,34,35). The number of amides is 1.